The van der Waals surface area contributed by atoms with E-state index in [1.807, 2.05) is 0 Å². The summed E-state index contributed by atoms with van der Waals surface area (Å²) >= 11 is 0. The molecule has 0 atom stereocenters. The van der Waals surface area contributed by atoms with Gasteiger partial charge in [0.1, 0.15) is 0 Å². The molecule has 102 valence electrons. The van der Waals surface area contributed by atoms with Crippen LogP contribution in [0.2, 0.25) is 0 Å². The van der Waals surface area contributed by atoms with E-state index in [-0.39, 0.29) is 13.0 Å². The summed E-state index contributed by atoms with van der Waals surface area (Å²) in [7, 11) is 0. The zero-order chi connectivity index (χ0) is 12.8. The Labute approximate surface area is 103 Å². The molecule has 0 bridgehead atoms. The molecule has 0 spiro atoms. The number of rotatable bonds is 13. The van der Waals surface area contributed by atoms with E-state index >= 15 is 0 Å². The minimum Gasteiger partial charge on any atom is -0.481 e. The highest BCUT2D eigenvalue weighted by molar-refractivity contribution is 5.66. The average molecular weight is 247 g/mol. The number of hydrogen-bond donors (Lipinski definition) is 5. The second-order valence-electron chi connectivity index (χ2n) is 3.82. The lowest BCUT2D eigenvalue weighted by atomic mass is 10.3. The van der Waals surface area contributed by atoms with Gasteiger partial charge in [0.25, 0.3) is 0 Å². The summed E-state index contributed by atoms with van der Waals surface area (Å²) in [5, 5.41) is 26.6. The molecule has 0 aromatic carbocycles. The summed E-state index contributed by atoms with van der Waals surface area (Å²) in [4.78, 5) is 10.2. The number of aliphatic hydroxyl groups is 1. The smallest absolute Gasteiger partial charge is 0.303 e. The number of hydrogen-bond acceptors (Lipinski definition) is 5. The molecule has 6 nitrogen and oxygen atoms in total. The molecule has 6 heteroatoms. The number of carboxylic acid groups (broad SMARTS) is 1. The summed E-state index contributed by atoms with van der Waals surface area (Å²) < 4.78 is 0. The van der Waals surface area contributed by atoms with Gasteiger partial charge in [0.15, 0.2) is 0 Å². The lowest BCUT2D eigenvalue weighted by Gasteiger charge is -2.07. The van der Waals surface area contributed by atoms with Crippen LogP contribution in [-0.4, -0.2) is 62.1 Å². The quantitative estimate of drug-likeness (QED) is 0.268. The van der Waals surface area contributed by atoms with Crippen molar-refractivity contribution in [3.63, 3.8) is 0 Å². The molecule has 0 radical (unpaired) electrons. The molecular weight excluding hydrogens is 222 g/mol. The van der Waals surface area contributed by atoms with E-state index in [4.69, 9.17) is 10.2 Å². The van der Waals surface area contributed by atoms with Crippen molar-refractivity contribution in [1.29, 1.82) is 0 Å². The predicted molar refractivity (Wildman–Crippen MR) is 67.2 cm³/mol. The maximum atomic E-state index is 10.2. The molecule has 0 aliphatic heterocycles. The zero-order valence-electron chi connectivity index (χ0n) is 10.4. The van der Waals surface area contributed by atoms with E-state index in [9.17, 15) is 4.79 Å². The molecule has 0 aromatic rings. The number of carbonyl (C=O) groups is 1. The van der Waals surface area contributed by atoms with Crippen LogP contribution in [0, 0.1) is 0 Å². The standard InChI is InChI=1S/C11H25N3O3/c15-10-2-5-13-7-9-14-8-6-12-4-1-3-11(16)17/h12-15H,1-10H2,(H,16,17). The maximum Gasteiger partial charge on any atom is 0.303 e. The zero-order valence-corrected chi connectivity index (χ0v) is 10.4. The number of nitrogens with one attached hydrogen (secondary N) is 3. The second kappa shape index (κ2) is 13.4. The monoisotopic (exact) mass is 247 g/mol. The SMILES string of the molecule is O=C(O)CCCNCCNCCNCCCO. The fourth-order valence-corrected chi connectivity index (χ4v) is 1.30. The maximum absolute atomic E-state index is 10.2. The Bertz CT molecular complexity index is 179. The number of aliphatic hydroxyl groups excluding tert-OH is 1. The van der Waals surface area contributed by atoms with Crippen molar-refractivity contribution in [3.05, 3.63) is 0 Å². The van der Waals surface area contributed by atoms with Gasteiger partial charge < -0.3 is 26.2 Å². The first-order valence-corrected chi connectivity index (χ1v) is 6.22. The lowest BCUT2D eigenvalue weighted by Crippen LogP contribution is -2.33. The Morgan fingerprint density at radius 3 is 1.76 bits per heavy atom. The van der Waals surface area contributed by atoms with Crippen molar-refractivity contribution in [3.8, 4) is 0 Å². The van der Waals surface area contributed by atoms with Crippen molar-refractivity contribution in [2.24, 2.45) is 0 Å². The molecule has 17 heavy (non-hydrogen) atoms. The molecule has 0 rings (SSSR count). The van der Waals surface area contributed by atoms with Crippen LogP contribution in [0.4, 0.5) is 0 Å². The topological polar surface area (TPSA) is 93.6 Å². The normalized spacial score (nSPS) is 10.6. The average Bonchev–Trinajstić information content (AvgIpc) is 2.30. The Morgan fingerprint density at radius 1 is 0.824 bits per heavy atom. The van der Waals surface area contributed by atoms with Gasteiger partial charge in [0.05, 0.1) is 0 Å². The van der Waals surface area contributed by atoms with Gasteiger partial charge in [-0.3, -0.25) is 4.79 Å². The summed E-state index contributed by atoms with van der Waals surface area (Å²) in [5.41, 5.74) is 0. The molecule has 0 fully saturated rings. The van der Waals surface area contributed by atoms with Gasteiger partial charge in [-0.2, -0.15) is 0 Å². The third kappa shape index (κ3) is 15.3. The van der Waals surface area contributed by atoms with E-state index in [1.54, 1.807) is 0 Å². The fourth-order valence-electron chi connectivity index (χ4n) is 1.30. The van der Waals surface area contributed by atoms with Gasteiger partial charge in [-0.05, 0) is 25.9 Å². The molecule has 0 amide bonds. The first-order chi connectivity index (χ1) is 8.27. The molecule has 0 heterocycles. The van der Waals surface area contributed by atoms with E-state index in [1.165, 1.54) is 0 Å². The highest BCUT2D eigenvalue weighted by Gasteiger charge is 1.95. The summed E-state index contributed by atoms with van der Waals surface area (Å²) in [6, 6.07) is 0. The number of aliphatic carboxylic acids is 1. The van der Waals surface area contributed by atoms with Crippen LogP contribution < -0.4 is 16.0 Å². The predicted octanol–water partition coefficient (Wildman–Crippen LogP) is -0.998. The van der Waals surface area contributed by atoms with E-state index < -0.39 is 5.97 Å². The van der Waals surface area contributed by atoms with E-state index in [0.29, 0.717) is 6.42 Å². The van der Waals surface area contributed by atoms with Crippen molar-refractivity contribution in [2.75, 3.05) is 45.9 Å². The Balaban J connectivity index is 2.91. The van der Waals surface area contributed by atoms with Crippen LogP contribution in [-0.2, 0) is 4.79 Å². The first-order valence-electron chi connectivity index (χ1n) is 6.22. The third-order valence-corrected chi connectivity index (χ3v) is 2.21. The van der Waals surface area contributed by atoms with Crippen LogP contribution in [0.5, 0.6) is 0 Å². The van der Waals surface area contributed by atoms with Crippen LogP contribution >= 0.6 is 0 Å². The summed E-state index contributed by atoms with van der Waals surface area (Å²) in [5.74, 6) is -0.737. The van der Waals surface area contributed by atoms with Gasteiger partial charge in [0, 0.05) is 39.2 Å². The van der Waals surface area contributed by atoms with Gasteiger partial charge in [-0.15, -0.1) is 0 Å². The van der Waals surface area contributed by atoms with Gasteiger partial charge in [-0.25, -0.2) is 0 Å². The molecular formula is C11H25N3O3. The largest absolute Gasteiger partial charge is 0.481 e. The van der Waals surface area contributed by atoms with Crippen LogP contribution in [0.25, 0.3) is 0 Å². The van der Waals surface area contributed by atoms with Crippen molar-refractivity contribution >= 4 is 5.97 Å². The summed E-state index contributed by atoms with van der Waals surface area (Å²) in [6.45, 7) is 5.39. The summed E-state index contributed by atoms with van der Waals surface area (Å²) in [6.07, 6.45) is 1.71. The number of carboxylic acids is 1. The fraction of sp³-hybridized carbons (Fsp3) is 0.909. The molecule has 0 saturated heterocycles. The molecule has 0 aliphatic rings. The van der Waals surface area contributed by atoms with Crippen molar-refractivity contribution in [1.82, 2.24) is 16.0 Å². The Hall–Kier alpha value is -0.690. The van der Waals surface area contributed by atoms with Crippen molar-refractivity contribution < 1.29 is 15.0 Å². The van der Waals surface area contributed by atoms with Gasteiger partial charge in [-0.1, -0.05) is 0 Å². The molecule has 0 saturated carbocycles. The highest BCUT2D eigenvalue weighted by Crippen LogP contribution is 1.84. The second-order valence-corrected chi connectivity index (χ2v) is 3.82. The molecule has 5 N–H and O–H groups in total. The third-order valence-electron chi connectivity index (χ3n) is 2.21. The van der Waals surface area contributed by atoms with Gasteiger partial charge >= 0.3 is 5.97 Å². The minimum atomic E-state index is -0.737. The molecule has 0 aliphatic carbocycles. The highest BCUT2D eigenvalue weighted by atomic mass is 16.4. The lowest BCUT2D eigenvalue weighted by molar-refractivity contribution is -0.137. The van der Waals surface area contributed by atoms with E-state index in [2.05, 4.69) is 16.0 Å². The minimum absolute atomic E-state index is 0.231. The van der Waals surface area contributed by atoms with Crippen LogP contribution in [0.3, 0.4) is 0 Å². The Morgan fingerprint density at radius 2 is 1.29 bits per heavy atom. The molecule has 0 aromatic heterocycles. The van der Waals surface area contributed by atoms with Gasteiger partial charge in [0.2, 0.25) is 0 Å². The van der Waals surface area contributed by atoms with Crippen LogP contribution in [0.15, 0.2) is 0 Å². The van der Waals surface area contributed by atoms with Crippen molar-refractivity contribution in [2.45, 2.75) is 19.3 Å². The van der Waals surface area contributed by atoms with Crippen LogP contribution in [0.1, 0.15) is 19.3 Å². The first kappa shape index (κ1) is 16.3. The molecule has 0 unspecified atom stereocenters. The van der Waals surface area contributed by atoms with E-state index in [0.717, 1.165) is 45.7 Å². The Kier molecular flexibility index (Phi) is 12.8.